The Kier molecular flexibility index (Phi) is 3.84. The fourth-order valence-corrected chi connectivity index (χ4v) is 13.9. The average molecular weight is 408 g/mol. The van der Waals surface area contributed by atoms with Gasteiger partial charge in [-0.15, -0.1) is 0 Å². The first-order chi connectivity index (χ1) is 14.8. The average Bonchev–Trinajstić information content (AvgIpc) is 3.52. The maximum absolute atomic E-state index is 7.34. The molecule has 0 radical (unpaired) electrons. The van der Waals surface area contributed by atoms with E-state index in [0.717, 1.165) is 6.61 Å². The number of fused-ring (bicyclic) bond motifs is 1. The summed E-state index contributed by atoms with van der Waals surface area (Å²) in [4.78, 5) is 0. The molecular weight excluding hydrogens is 383 g/mol. The first-order valence-corrected chi connectivity index (χ1v) is 12.9. The van der Waals surface area contributed by atoms with Gasteiger partial charge in [0.25, 0.3) is 0 Å². The van der Waals surface area contributed by atoms with Crippen LogP contribution in [0.25, 0.3) is 0 Å². The van der Waals surface area contributed by atoms with E-state index in [-0.39, 0.29) is 5.16 Å². The molecule has 0 N–H and O–H groups in total. The summed E-state index contributed by atoms with van der Waals surface area (Å²) in [5.74, 6) is 0.540. The second-order valence-electron chi connectivity index (χ2n) is 8.53. The van der Waals surface area contributed by atoms with Gasteiger partial charge in [-0.1, -0.05) is 0 Å². The van der Waals surface area contributed by atoms with Crippen molar-refractivity contribution in [1.29, 1.82) is 0 Å². The molecule has 0 aromatic heterocycles. The van der Waals surface area contributed by atoms with Gasteiger partial charge in [0.2, 0.25) is 0 Å². The van der Waals surface area contributed by atoms with E-state index in [1.807, 2.05) is 0 Å². The van der Waals surface area contributed by atoms with Gasteiger partial charge < -0.3 is 0 Å². The van der Waals surface area contributed by atoms with Gasteiger partial charge in [0.1, 0.15) is 0 Å². The van der Waals surface area contributed by atoms with Gasteiger partial charge in [-0.2, -0.15) is 0 Å². The zero-order valence-electron chi connectivity index (χ0n) is 16.9. The van der Waals surface area contributed by atoms with E-state index in [4.69, 9.17) is 4.52 Å². The van der Waals surface area contributed by atoms with Crippen LogP contribution in [0.15, 0.2) is 121 Å². The monoisotopic (exact) mass is 408 g/mol. The Hall–Kier alpha value is -2.73. The summed E-state index contributed by atoms with van der Waals surface area (Å²) in [6.07, 6.45) is 1.17. The minimum absolute atomic E-state index is 0.0169. The van der Waals surface area contributed by atoms with Crippen molar-refractivity contribution in [3.63, 3.8) is 0 Å². The fourth-order valence-electron chi connectivity index (χ4n) is 6.22. The van der Waals surface area contributed by atoms with Gasteiger partial charge in [0.05, 0.1) is 0 Å². The molecule has 30 heavy (non-hydrogen) atoms. The minimum atomic E-state index is -3.26. The van der Waals surface area contributed by atoms with Crippen LogP contribution in [0.2, 0.25) is 0 Å². The molecule has 1 heterocycles. The van der Waals surface area contributed by atoms with Crippen molar-refractivity contribution in [2.45, 2.75) is 11.6 Å². The van der Waals surface area contributed by atoms with Crippen molar-refractivity contribution in [3.05, 3.63) is 127 Å². The number of benzene rings is 4. The Bertz CT molecular complexity index is 1080. The van der Waals surface area contributed by atoms with Gasteiger partial charge in [-0.05, 0) is 0 Å². The third-order valence-corrected chi connectivity index (χ3v) is 14.2. The van der Waals surface area contributed by atoms with E-state index in [0.29, 0.717) is 5.92 Å². The van der Waals surface area contributed by atoms with Gasteiger partial charge in [-0.3, -0.25) is 0 Å². The van der Waals surface area contributed by atoms with Crippen LogP contribution in [0.3, 0.4) is 0 Å². The fraction of sp³-hybridized carbons (Fsp3) is 0.143. The molecule has 0 unspecified atom stereocenters. The molecule has 1 nitrogen and oxygen atoms in total. The van der Waals surface area contributed by atoms with E-state index in [9.17, 15) is 0 Å². The van der Waals surface area contributed by atoms with Crippen molar-refractivity contribution >= 4 is 22.7 Å². The molecule has 2 atom stereocenters. The molecule has 148 valence electrons. The van der Waals surface area contributed by atoms with E-state index in [1.165, 1.54) is 27.9 Å². The predicted octanol–water partition coefficient (Wildman–Crippen LogP) is 5.38. The third-order valence-electron chi connectivity index (χ3n) is 7.39. The van der Waals surface area contributed by atoms with Gasteiger partial charge in [0.15, 0.2) is 0 Å². The van der Waals surface area contributed by atoms with Crippen LogP contribution in [0.1, 0.15) is 12.0 Å². The van der Waals surface area contributed by atoms with E-state index in [1.54, 1.807) is 0 Å². The Morgan fingerprint density at radius 3 is 1.37 bits per heavy atom. The van der Waals surface area contributed by atoms with Crippen molar-refractivity contribution in [1.82, 2.24) is 0 Å². The molecule has 0 amide bonds. The molecule has 4 aromatic carbocycles. The molecule has 1 saturated heterocycles. The van der Waals surface area contributed by atoms with Crippen molar-refractivity contribution in [3.8, 4) is 0 Å². The zero-order valence-corrected chi connectivity index (χ0v) is 17.8. The summed E-state index contributed by atoms with van der Waals surface area (Å²) >= 11 is 0. The molecular formula is C28H25OP. The van der Waals surface area contributed by atoms with Gasteiger partial charge in [0, 0.05) is 0 Å². The normalized spacial score (nSPS) is 26.8. The summed E-state index contributed by atoms with van der Waals surface area (Å²) in [7, 11) is 0. The molecule has 1 aliphatic carbocycles. The quantitative estimate of drug-likeness (QED) is 0.412. The standard InChI is InChI=1S/C28H25OP/c1-5-13-23(14-6-1)28-21-24(28)22-29-30(28,25-15-7-2-8-16-25,26-17-9-3-10-18-26)27-19-11-4-12-20-27/h1-20,24H,21-22H2/t24-,28-/m1/s1. The molecule has 0 bridgehead atoms. The molecule has 1 aliphatic heterocycles. The van der Waals surface area contributed by atoms with Crippen molar-refractivity contribution in [2.24, 2.45) is 5.92 Å². The zero-order chi connectivity index (χ0) is 20.1. The Labute approximate surface area is 178 Å². The first-order valence-electron chi connectivity index (χ1n) is 10.7. The van der Waals surface area contributed by atoms with Crippen LogP contribution in [0.5, 0.6) is 0 Å². The Morgan fingerprint density at radius 2 is 0.967 bits per heavy atom. The molecule has 2 fully saturated rings. The molecule has 4 aromatic rings. The van der Waals surface area contributed by atoms with Gasteiger partial charge in [-0.25, -0.2) is 0 Å². The van der Waals surface area contributed by atoms with Crippen LogP contribution in [-0.4, -0.2) is 6.61 Å². The molecule has 0 spiro atoms. The third kappa shape index (κ3) is 1.95. The van der Waals surface area contributed by atoms with Crippen molar-refractivity contribution < 1.29 is 4.52 Å². The van der Waals surface area contributed by atoms with Crippen LogP contribution in [0, 0.1) is 5.92 Å². The van der Waals surface area contributed by atoms with Gasteiger partial charge >= 0.3 is 178 Å². The summed E-state index contributed by atoms with van der Waals surface area (Å²) in [6.45, 7) is -2.45. The SMILES string of the molecule is c1ccc([C@]23C[C@@H]2COP3(c2ccccc2)(c2ccccc2)c2ccccc2)cc1. The van der Waals surface area contributed by atoms with Crippen LogP contribution < -0.4 is 15.9 Å². The molecule has 6 rings (SSSR count). The summed E-state index contributed by atoms with van der Waals surface area (Å²) in [5.41, 5.74) is 1.42. The molecule has 2 aliphatic rings. The van der Waals surface area contributed by atoms with Crippen LogP contribution in [-0.2, 0) is 9.68 Å². The molecule has 1 saturated carbocycles. The van der Waals surface area contributed by atoms with Crippen molar-refractivity contribution in [2.75, 3.05) is 6.61 Å². The summed E-state index contributed by atoms with van der Waals surface area (Å²) in [5, 5.41) is 4.00. The van der Waals surface area contributed by atoms with E-state index < -0.39 is 6.83 Å². The second kappa shape index (κ2) is 6.38. The maximum atomic E-state index is 7.34. The number of hydrogen-bond donors (Lipinski definition) is 0. The first kappa shape index (κ1) is 18.1. The molecule has 2 heteroatoms. The summed E-state index contributed by atoms with van der Waals surface area (Å²) < 4.78 is 7.34. The topological polar surface area (TPSA) is 9.23 Å². The van der Waals surface area contributed by atoms with Crippen LogP contribution in [0.4, 0.5) is 0 Å². The predicted molar refractivity (Wildman–Crippen MR) is 127 cm³/mol. The number of hydrogen-bond acceptors (Lipinski definition) is 1. The van der Waals surface area contributed by atoms with Crippen LogP contribution >= 0.6 is 6.83 Å². The Balaban J connectivity index is 1.84. The van der Waals surface area contributed by atoms with E-state index in [2.05, 4.69) is 121 Å². The van der Waals surface area contributed by atoms with E-state index >= 15 is 0 Å². The summed E-state index contributed by atoms with van der Waals surface area (Å²) in [6, 6.07) is 44.4. The second-order valence-corrected chi connectivity index (χ2v) is 13.2. The number of rotatable bonds is 4. The Morgan fingerprint density at radius 1 is 0.567 bits per heavy atom.